The molecule has 23 heavy (non-hydrogen) atoms. The average Bonchev–Trinajstić information content (AvgIpc) is 2.94. The first-order chi connectivity index (χ1) is 10.9. The van der Waals surface area contributed by atoms with Crippen LogP contribution in [0, 0.1) is 5.82 Å². The fourth-order valence-corrected chi connectivity index (χ4v) is 3.12. The molecule has 0 spiro atoms. The smallest absolute Gasteiger partial charge is 0.237 e. The summed E-state index contributed by atoms with van der Waals surface area (Å²) in [5.41, 5.74) is 0.352. The van der Waals surface area contributed by atoms with Gasteiger partial charge in [-0.05, 0) is 50.9 Å². The Morgan fingerprint density at radius 3 is 2.57 bits per heavy atom. The Balaban J connectivity index is 1.74. The molecule has 0 bridgehead atoms. The van der Waals surface area contributed by atoms with Crippen molar-refractivity contribution < 1.29 is 14.3 Å². The Labute approximate surface area is 137 Å². The van der Waals surface area contributed by atoms with Gasteiger partial charge in [0.15, 0.2) is 0 Å². The normalized spacial score (nSPS) is 18.1. The van der Waals surface area contributed by atoms with Gasteiger partial charge < -0.3 is 10.4 Å². The Bertz CT molecular complexity index is 512. The fraction of sp³-hybridized carbons (Fsp3) is 0.611. The lowest BCUT2D eigenvalue weighted by atomic mass is 10.0. The van der Waals surface area contributed by atoms with Gasteiger partial charge >= 0.3 is 0 Å². The minimum Gasteiger partial charge on any atom is -0.389 e. The number of amides is 1. The van der Waals surface area contributed by atoms with Crippen LogP contribution in [0.25, 0.3) is 0 Å². The second kappa shape index (κ2) is 7.88. The zero-order valence-corrected chi connectivity index (χ0v) is 14.0. The Kier molecular flexibility index (Phi) is 6.13. The zero-order chi connectivity index (χ0) is 16.9. The van der Waals surface area contributed by atoms with Crippen molar-refractivity contribution in [3.63, 3.8) is 0 Å². The third-order valence-electron chi connectivity index (χ3n) is 4.74. The second-order valence-electron chi connectivity index (χ2n) is 6.69. The molecule has 5 heteroatoms. The highest BCUT2D eigenvalue weighted by Crippen LogP contribution is 2.30. The molecule has 1 aromatic rings. The molecule has 1 saturated carbocycles. The summed E-state index contributed by atoms with van der Waals surface area (Å²) in [6.45, 7) is 2.90. The van der Waals surface area contributed by atoms with Crippen molar-refractivity contribution in [2.75, 3.05) is 20.1 Å². The van der Waals surface area contributed by atoms with Crippen LogP contribution in [0.1, 0.15) is 38.2 Å². The predicted molar refractivity (Wildman–Crippen MR) is 88.6 cm³/mol. The Hall–Kier alpha value is -1.46. The van der Waals surface area contributed by atoms with Crippen molar-refractivity contribution in [2.45, 2.75) is 50.7 Å². The molecule has 128 valence electrons. The standard InChI is InChI=1S/C18H27FN2O2/c1-14(21(2)13-18(23)10-3-4-11-18)17(22)20-12-9-15-5-7-16(19)8-6-15/h5-8,14,23H,3-4,9-13H2,1-2H3,(H,20,22)/t14-/m0/s1. The minimum absolute atomic E-state index is 0.0452. The Morgan fingerprint density at radius 2 is 1.96 bits per heavy atom. The van der Waals surface area contributed by atoms with Crippen LogP contribution in [0.5, 0.6) is 0 Å². The van der Waals surface area contributed by atoms with Crippen LogP contribution in [0.3, 0.4) is 0 Å². The molecule has 1 aliphatic rings. The van der Waals surface area contributed by atoms with Gasteiger partial charge in [0, 0.05) is 13.1 Å². The molecule has 1 aliphatic carbocycles. The summed E-state index contributed by atoms with van der Waals surface area (Å²) in [7, 11) is 1.88. The van der Waals surface area contributed by atoms with E-state index in [2.05, 4.69) is 5.32 Å². The maximum atomic E-state index is 12.8. The van der Waals surface area contributed by atoms with Crippen LogP contribution in [0.15, 0.2) is 24.3 Å². The highest BCUT2D eigenvalue weighted by atomic mass is 19.1. The van der Waals surface area contributed by atoms with Crippen molar-refractivity contribution in [1.29, 1.82) is 0 Å². The van der Waals surface area contributed by atoms with Gasteiger partial charge in [0.25, 0.3) is 0 Å². The predicted octanol–water partition coefficient (Wildman–Crippen LogP) is 2.11. The summed E-state index contributed by atoms with van der Waals surface area (Å²) in [6.07, 6.45) is 4.42. The number of nitrogens with zero attached hydrogens (tertiary/aromatic N) is 1. The van der Waals surface area contributed by atoms with E-state index in [1.807, 2.05) is 18.9 Å². The van der Waals surface area contributed by atoms with E-state index in [0.717, 1.165) is 31.2 Å². The first-order valence-electron chi connectivity index (χ1n) is 8.34. The van der Waals surface area contributed by atoms with Crippen molar-refractivity contribution >= 4 is 5.91 Å². The van der Waals surface area contributed by atoms with Crippen molar-refractivity contribution in [3.05, 3.63) is 35.6 Å². The van der Waals surface area contributed by atoms with Crippen LogP contribution < -0.4 is 5.32 Å². The van der Waals surface area contributed by atoms with Gasteiger partial charge in [-0.3, -0.25) is 9.69 Å². The molecule has 0 radical (unpaired) electrons. The highest BCUT2D eigenvalue weighted by Gasteiger charge is 2.34. The summed E-state index contributed by atoms with van der Waals surface area (Å²) in [6, 6.07) is 6.03. The monoisotopic (exact) mass is 322 g/mol. The minimum atomic E-state index is -0.641. The third-order valence-corrected chi connectivity index (χ3v) is 4.74. The van der Waals surface area contributed by atoms with E-state index in [1.54, 1.807) is 12.1 Å². The zero-order valence-electron chi connectivity index (χ0n) is 14.0. The number of aliphatic hydroxyl groups is 1. The number of carbonyl (C=O) groups excluding carboxylic acids is 1. The topological polar surface area (TPSA) is 52.6 Å². The van der Waals surface area contributed by atoms with E-state index in [0.29, 0.717) is 19.5 Å². The quantitative estimate of drug-likeness (QED) is 0.808. The van der Waals surface area contributed by atoms with Gasteiger partial charge in [0.05, 0.1) is 11.6 Å². The molecule has 0 saturated heterocycles. The van der Waals surface area contributed by atoms with Gasteiger partial charge in [-0.1, -0.05) is 25.0 Å². The molecule has 1 aromatic carbocycles. The molecule has 1 atom stereocenters. The molecular formula is C18H27FN2O2. The van der Waals surface area contributed by atoms with Crippen LogP contribution in [-0.4, -0.2) is 47.7 Å². The second-order valence-corrected chi connectivity index (χ2v) is 6.69. The SMILES string of the molecule is C[C@@H](C(=O)NCCc1ccc(F)cc1)N(C)CC1(O)CCCC1. The molecule has 0 unspecified atom stereocenters. The van der Waals surface area contributed by atoms with E-state index in [-0.39, 0.29) is 17.8 Å². The largest absolute Gasteiger partial charge is 0.389 e. The highest BCUT2D eigenvalue weighted by molar-refractivity contribution is 5.81. The molecule has 4 nitrogen and oxygen atoms in total. The van der Waals surface area contributed by atoms with Gasteiger partial charge in [-0.15, -0.1) is 0 Å². The molecule has 0 aromatic heterocycles. The van der Waals surface area contributed by atoms with Gasteiger partial charge in [0.1, 0.15) is 5.82 Å². The summed E-state index contributed by atoms with van der Waals surface area (Å²) >= 11 is 0. The maximum Gasteiger partial charge on any atom is 0.237 e. The number of hydrogen-bond acceptors (Lipinski definition) is 3. The number of rotatable bonds is 7. The molecule has 2 rings (SSSR count). The van der Waals surface area contributed by atoms with E-state index < -0.39 is 5.60 Å². The van der Waals surface area contributed by atoms with Crippen molar-refractivity contribution in [2.24, 2.45) is 0 Å². The molecule has 0 heterocycles. The van der Waals surface area contributed by atoms with E-state index >= 15 is 0 Å². The van der Waals surface area contributed by atoms with Crippen LogP contribution in [-0.2, 0) is 11.2 Å². The Morgan fingerprint density at radius 1 is 1.35 bits per heavy atom. The number of benzene rings is 1. The lowest BCUT2D eigenvalue weighted by Gasteiger charge is -2.31. The van der Waals surface area contributed by atoms with E-state index in [4.69, 9.17) is 0 Å². The summed E-state index contributed by atoms with van der Waals surface area (Å²) in [4.78, 5) is 14.1. The first-order valence-corrected chi connectivity index (χ1v) is 8.34. The van der Waals surface area contributed by atoms with E-state index in [1.165, 1.54) is 12.1 Å². The molecular weight excluding hydrogens is 295 g/mol. The average molecular weight is 322 g/mol. The van der Waals surface area contributed by atoms with Gasteiger partial charge in [-0.2, -0.15) is 0 Å². The first kappa shape index (κ1) is 17.9. The van der Waals surface area contributed by atoms with E-state index in [9.17, 15) is 14.3 Å². The maximum absolute atomic E-state index is 12.8. The number of halogens is 1. The van der Waals surface area contributed by atoms with Gasteiger partial charge in [-0.25, -0.2) is 4.39 Å². The van der Waals surface area contributed by atoms with Gasteiger partial charge in [0.2, 0.25) is 5.91 Å². The van der Waals surface area contributed by atoms with Crippen LogP contribution in [0.2, 0.25) is 0 Å². The van der Waals surface area contributed by atoms with Crippen molar-refractivity contribution in [3.8, 4) is 0 Å². The summed E-state index contributed by atoms with van der Waals surface area (Å²) in [5.74, 6) is -0.297. The van der Waals surface area contributed by atoms with Crippen LogP contribution in [0.4, 0.5) is 4.39 Å². The molecule has 1 amide bonds. The molecule has 2 N–H and O–H groups in total. The molecule has 1 fully saturated rings. The number of hydrogen-bond donors (Lipinski definition) is 2. The molecule has 0 aliphatic heterocycles. The number of carbonyl (C=O) groups is 1. The number of likely N-dealkylation sites (N-methyl/N-ethyl adjacent to an activating group) is 1. The van der Waals surface area contributed by atoms with Crippen molar-refractivity contribution in [1.82, 2.24) is 10.2 Å². The lowest BCUT2D eigenvalue weighted by molar-refractivity contribution is -0.126. The fourth-order valence-electron chi connectivity index (χ4n) is 3.12. The summed E-state index contributed by atoms with van der Waals surface area (Å²) < 4.78 is 12.8. The number of nitrogens with one attached hydrogen (secondary N) is 1. The summed E-state index contributed by atoms with van der Waals surface area (Å²) in [5, 5.41) is 13.3. The van der Waals surface area contributed by atoms with Crippen LogP contribution >= 0.6 is 0 Å². The third kappa shape index (κ3) is 5.29. The lowest BCUT2D eigenvalue weighted by Crippen LogP contribution is -2.49.